The number of aromatic nitrogens is 2. The van der Waals surface area contributed by atoms with Crippen LogP contribution in [0.2, 0.25) is 0 Å². The van der Waals surface area contributed by atoms with Gasteiger partial charge in [-0.1, -0.05) is 0 Å². The molecule has 108 valence electrons. The molecule has 0 bridgehead atoms. The van der Waals surface area contributed by atoms with Gasteiger partial charge in [0.2, 0.25) is 5.91 Å². The van der Waals surface area contributed by atoms with Crippen molar-refractivity contribution in [2.24, 2.45) is 17.6 Å². The molecule has 3 unspecified atom stereocenters. The molecule has 3 aliphatic rings. The smallest absolute Gasteiger partial charge is 0.220 e. The van der Waals surface area contributed by atoms with E-state index in [2.05, 4.69) is 21.1 Å². The molecule has 0 radical (unpaired) electrons. The number of nitrogens with one attached hydrogen (secondary N) is 1. The van der Waals surface area contributed by atoms with E-state index in [-0.39, 0.29) is 17.4 Å². The van der Waals surface area contributed by atoms with Gasteiger partial charge in [0.05, 0.1) is 0 Å². The molecule has 1 saturated carbocycles. The number of nitrogens with two attached hydrogens (primary N) is 1. The van der Waals surface area contributed by atoms with Crippen LogP contribution in [0.25, 0.3) is 0 Å². The van der Waals surface area contributed by atoms with Gasteiger partial charge in [-0.3, -0.25) is 4.79 Å². The van der Waals surface area contributed by atoms with Gasteiger partial charge in [-0.2, -0.15) is 0 Å². The lowest BCUT2D eigenvalue weighted by Gasteiger charge is -2.32. The van der Waals surface area contributed by atoms with Crippen LogP contribution >= 0.6 is 0 Å². The zero-order valence-electron chi connectivity index (χ0n) is 11.7. The molecule has 4 atom stereocenters. The summed E-state index contributed by atoms with van der Waals surface area (Å²) >= 11 is 0. The fourth-order valence-corrected chi connectivity index (χ4v) is 4.48. The second kappa shape index (κ2) is 4.32. The number of hydrogen-bond donors (Lipinski definition) is 2. The maximum Gasteiger partial charge on any atom is 0.220 e. The fraction of sp³-hybridized carbons (Fsp3) is 0.733. The van der Waals surface area contributed by atoms with Crippen molar-refractivity contribution >= 4 is 5.91 Å². The number of imidazole rings is 1. The van der Waals surface area contributed by atoms with Crippen molar-refractivity contribution in [3.8, 4) is 0 Å². The van der Waals surface area contributed by atoms with E-state index in [4.69, 9.17) is 5.73 Å². The summed E-state index contributed by atoms with van der Waals surface area (Å²) in [5.41, 5.74) is 5.68. The first kappa shape index (κ1) is 12.4. The average molecular weight is 274 g/mol. The molecule has 5 heteroatoms. The molecule has 4 rings (SSSR count). The Morgan fingerprint density at radius 1 is 1.45 bits per heavy atom. The molecule has 1 amide bonds. The summed E-state index contributed by atoms with van der Waals surface area (Å²) in [7, 11) is 0. The van der Waals surface area contributed by atoms with Crippen LogP contribution in [-0.4, -0.2) is 27.5 Å². The Balaban J connectivity index is 1.54. The van der Waals surface area contributed by atoms with Crippen LogP contribution in [-0.2, 0) is 11.3 Å². The number of hydrogen-bond acceptors (Lipinski definition) is 3. The normalized spacial score (nSPS) is 39.5. The Bertz CT molecular complexity index is 540. The lowest BCUT2D eigenvalue weighted by atomic mass is 9.84. The largest absolute Gasteiger partial charge is 0.369 e. The van der Waals surface area contributed by atoms with E-state index in [0.717, 1.165) is 25.9 Å². The van der Waals surface area contributed by atoms with Crippen LogP contribution in [0.1, 0.15) is 43.8 Å². The summed E-state index contributed by atoms with van der Waals surface area (Å²) in [6.45, 7) is 2.02. The van der Waals surface area contributed by atoms with Crippen LogP contribution in [0.3, 0.4) is 0 Å². The summed E-state index contributed by atoms with van der Waals surface area (Å²) in [5.74, 6) is 2.37. The lowest BCUT2D eigenvalue weighted by molar-refractivity contribution is -0.123. The van der Waals surface area contributed by atoms with E-state index in [1.54, 1.807) is 0 Å². The van der Waals surface area contributed by atoms with Crippen LogP contribution in [0, 0.1) is 11.8 Å². The zero-order chi connectivity index (χ0) is 13.7. The van der Waals surface area contributed by atoms with Gasteiger partial charge in [0.1, 0.15) is 5.82 Å². The maximum absolute atomic E-state index is 11.5. The molecule has 3 heterocycles. The zero-order valence-corrected chi connectivity index (χ0v) is 11.7. The molecule has 1 saturated heterocycles. The minimum atomic E-state index is -0.123. The Kier molecular flexibility index (Phi) is 2.67. The molecule has 20 heavy (non-hydrogen) atoms. The Morgan fingerprint density at radius 2 is 2.35 bits per heavy atom. The van der Waals surface area contributed by atoms with E-state index >= 15 is 0 Å². The highest BCUT2D eigenvalue weighted by atomic mass is 16.1. The number of piperidine rings is 1. The molecule has 1 spiro atoms. The van der Waals surface area contributed by atoms with Crippen molar-refractivity contribution in [2.45, 2.75) is 50.1 Å². The van der Waals surface area contributed by atoms with E-state index < -0.39 is 0 Å². The van der Waals surface area contributed by atoms with Crippen molar-refractivity contribution in [1.82, 2.24) is 14.9 Å². The highest BCUT2D eigenvalue weighted by Crippen LogP contribution is 2.58. The van der Waals surface area contributed by atoms with Crippen molar-refractivity contribution in [3.05, 3.63) is 18.2 Å². The van der Waals surface area contributed by atoms with Gasteiger partial charge >= 0.3 is 0 Å². The van der Waals surface area contributed by atoms with Crippen LogP contribution in [0.5, 0.6) is 0 Å². The van der Waals surface area contributed by atoms with Gasteiger partial charge in [0.15, 0.2) is 0 Å². The molecule has 3 N–H and O–H groups in total. The summed E-state index contributed by atoms with van der Waals surface area (Å²) in [6.07, 6.45) is 9.47. The quantitative estimate of drug-likeness (QED) is 0.845. The summed E-state index contributed by atoms with van der Waals surface area (Å²) < 4.78 is 2.30. The molecule has 5 nitrogen and oxygen atoms in total. The second-order valence-electron chi connectivity index (χ2n) is 6.71. The van der Waals surface area contributed by atoms with Crippen LogP contribution in [0.4, 0.5) is 0 Å². The SMILES string of the molecule is NC(=O)C1CCNC2(C1)CC2[C@H]1CCCn2ccnc21. The predicted molar refractivity (Wildman–Crippen MR) is 75.0 cm³/mol. The molecule has 1 aromatic rings. The minimum absolute atomic E-state index is 0.0598. The number of primary amides is 1. The third kappa shape index (κ3) is 1.79. The molecular formula is C15H22N4O. The maximum atomic E-state index is 11.5. The van der Waals surface area contributed by atoms with Gasteiger partial charge in [0, 0.05) is 36.3 Å². The number of rotatable bonds is 2. The first-order chi connectivity index (χ1) is 9.70. The first-order valence-electron chi connectivity index (χ1n) is 7.75. The summed E-state index contributed by atoms with van der Waals surface area (Å²) in [4.78, 5) is 16.1. The Labute approximate surface area is 118 Å². The number of nitrogens with zero attached hydrogens (tertiary/aromatic N) is 2. The molecule has 2 fully saturated rings. The van der Waals surface area contributed by atoms with Crippen molar-refractivity contribution in [3.63, 3.8) is 0 Å². The number of carbonyl (C=O) groups is 1. The third-order valence-corrected chi connectivity index (χ3v) is 5.60. The van der Waals surface area contributed by atoms with E-state index in [0.29, 0.717) is 11.8 Å². The van der Waals surface area contributed by atoms with E-state index in [9.17, 15) is 4.79 Å². The number of aryl methyl sites for hydroxylation is 1. The standard InChI is InChI=1S/C15H22N4O/c16-13(20)10-3-4-18-15(8-10)9-12(15)11-2-1-6-19-7-5-17-14(11)19/h5,7,10-12,18H,1-4,6,8-9H2,(H2,16,20)/t10?,11-,12?,15?/m1/s1. The van der Waals surface area contributed by atoms with Crippen molar-refractivity contribution in [2.75, 3.05) is 6.54 Å². The lowest BCUT2D eigenvalue weighted by Crippen LogP contribution is -2.46. The van der Waals surface area contributed by atoms with Crippen LogP contribution < -0.4 is 11.1 Å². The molecule has 2 aliphatic heterocycles. The predicted octanol–water partition coefficient (Wildman–Crippen LogP) is 1.00. The third-order valence-electron chi connectivity index (χ3n) is 5.60. The van der Waals surface area contributed by atoms with Gasteiger partial charge < -0.3 is 15.6 Å². The molecular weight excluding hydrogens is 252 g/mol. The summed E-state index contributed by atoms with van der Waals surface area (Å²) in [5, 5.41) is 3.68. The second-order valence-corrected chi connectivity index (χ2v) is 6.71. The molecule has 1 aliphatic carbocycles. The number of amides is 1. The fourth-order valence-electron chi connectivity index (χ4n) is 4.48. The van der Waals surface area contributed by atoms with Gasteiger partial charge in [0.25, 0.3) is 0 Å². The van der Waals surface area contributed by atoms with E-state index in [1.807, 2.05) is 6.20 Å². The molecule has 0 aromatic carbocycles. The van der Waals surface area contributed by atoms with Crippen molar-refractivity contribution < 1.29 is 4.79 Å². The average Bonchev–Trinajstić information content (AvgIpc) is 2.92. The monoisotopic (exact) mass is 274 g/mol. The van der Waals surface area contributed by atoms with Crippen molar-refractivity contribution in [1.29, 1.82) is 0 Å². The van der Waals surface area contributed by atoms with Gasteiger partial charge in [-0.15, -0.1) is 0 Å². The van der Waals surface area contributed by atoms with E-state index in [1.165, 1.54) is 25.1 Å². The number of carbonyl (C=O) groups excluding carboxylic acids is 1. The number of fused-ring (bicyclic) bond motifs is 1. The van der Waals surface area contributed by atoms with Gasteiger partial charge in [-0.25, -0.2) is 4.98 Å². The van der Waals surface area contributed by atoms with Gasteiger partial charge in [-0.05, 0) is 44.6 Å². The topological polar surface area (TPSA) is 72.9 Å². The summed E-state index contributed by atoms with van der Waals surface area (Å²) in [6, 6.07) is 0. The molecule has 1 aromatic heterocycles. The first-order valence-corrected chi connectivity index (χ1v) is 7.75. The Morgan fingerprint density at radius 3 is 3.20 bits per heavy atom. The minimum Gasteiger partial charge on any atom is -0.369 e. The van der Waals surface area contributed by atoms with Crippen LogP contribution in [0.15, 0.2) is 12.4 Å². The Hall–Kier alpha value is -1.36. The highest BCUT2D eigenvalue weighted by Gasteiger charge is 2.60. The highest BCUT2D eigenvalue weighted by molar-refractivity contribution is 5.77.